The van der Waals surface area contributed by atoms with Gasteiger partial charge >= 0.3 is 5.97 Å². The highest BCUT2D eigenvalue weighted by Gasteiger charge is 2.14. The molecule has 0 fully saturated rings. The predicted octanol–water partition coefficient (Wildman–Crippen LogP) is 3.63. The van der Waals surface area contributed by atoms with Crippen molar-refractivity contribution in [1.82, 2.24) is 0 Å². The summed E-state index contributed by atoms with van der Waals surface area (Å²) in [6.07, 6.45) is 1.09. The van der Waals surface area contributed by atoms with E-state index in [0.29, 0.717) is 17.0 Å². The van der Waals surface area contributed by atoms with Gasteiger partial charge in [-0.3, -0.25) is 9.10 Å². The van der Waals surface area contributed by atoms with Crippen molar-refractivity contribution in [3.8, 4) is 5.75 Å². The maximum Gasteiger partial charge on any atom is 0.344 e. The average molecular weight is 469 g/mol. The molecule has 0 aliphatic heterocycles. The SMILES string of the molecule is CN(c1ccc(C(=O)COC(=O)COc2ccc(Nc3ccccc3)cc2)cc1)S(C)(=O)=O. The Morgan fingerprint density at radius 1 is 0.848 bits per heavy atom. The summed E-state index contributed by atoms with van der Waals surface area (Å²) in [6.45, 7) is -0.778. The number of hydrogen-bond donors (Lipinski definition) is 1. The molecule has 0 bridgehead atoms. The minimum Gasteiger partial charge on any atom is -0.482 e. The Morgan fingerprint density at radius 2 is 1.45 bits per heavy atom. The van der Waals surface area contributed by atoms with Crippen LogP contribution in [0.3, 0.4) is 0 Å². The van der Waals surface area contributed by atoms with Crippen molar-refractivity contribution in [3.05, 3.63) is 84.4 Å². The Kier molecular flexibility index (Phi) is 7.68. The Bertz CT molecular complexity index is 1190. The van der Waals surface area contributed by atoms with Crippen molar-refractivity contribution in [2.45, 2.75) is 0 Å². The number of Topliss-reactive ketones (excluding diaryl/α,β-unsaturated/α-hetero) is 1. The van der Waals surface area contributed by atoms with Crippen molar-refractivity contribution in [1.29, 1.82) is 0 Å². The van der Waals surface area contributed by atoms with Crippen LogP contribution in [0.4, 0.5) is 17.1 Å². The number of ketones is 1. The fourth-order valence-electron chi connectivity index (χ4n) is 2.78. The lowest BCUT2D eigenvalue weighted by molar-refractivity contribution is -0.144. The highest BCUT2D eigenvalue weighted by Crippen LogP contribution is 2.20. The van der Waals surface area contributed by atoms with Crippen LogP contribution in [0, 0.1) is 0 Å². The number of nitrogens with one attached hydrogen (secondary N) is 1. The minimum atomic E-state index is -3.39. The van der Waals surface area contributed by atoms with Gasteiger partial charge in [0.05, 0.1) is 11.9 Å². The lowest BCUT2D eigenvalue weighted by Gasteiger charge is -2.16. The molecule has 0 saturated carbocycles. The molecule has 0 unspecified atom stereocenters. The van der Waals surface area contributed by atoms with Gasteiger partial charge in [0.15, 0.2) is 19.0 Å². The first kappa shape index (κ1) is 23.8. The van der Waals surface area contributed by atoms with Gasteiger partial charge in [0.25, 0.3) is 0 Å². The summed E-state index contributed by atoms with van der Waals surface area (Å²) < 4.78 is 34.6. The van der Waals surface area contributed by atoms with E-state index in [2.05, 4.69) is 5.32 Å². The van der Waals surface area contributed by atoms with Gasteiger partial charge in [-0.25, -0.2) is 13.2 Å². The van der Waals surface area contributed by atoms with Crippen LogP contribution in [-0.4, -0.2) is 46.7 Å². The van der Waals surface area contributed by atoms with Crippen molar-refractivity contribution in [2.75, 3.05) is 36.1 Å². The molecule has 0 aromatic heterocycles. The maximum absolute atomic E-state index is 12.2. The first-order valence-corrected chi connectivity index (χ1v) is 11.8. The number of anilines is 3. The number of nitrogens with zero attached hydrogens (tertiary/aromatic N) is 1. The predicted molar refractivity (Wildman–Crippen MR) is 127 cm³/mol. The molecule has 33 heavy (non-hydrogen) atoms. The largest absolute Gasteiger partial charge is 0.482 e. The van der Waals surface area contributed by atoms with E-state index in [1.165, 1.54) is 31.3 Å². The van der Waals surface area contributed by atoms with E-state index in [9.17, 15) is 18.0 Å². The van der Waals surface area contributed by atoms with E-state index in [1.54, 1.807) is 12.1 Å². The Hall–Kier alpha value is -3.85. The number of esters is 1. The Labute approximate surface area is 192 Å². The van der Waals surface area contributed by atoms with Crippen molar-refractivity contribution in [2.24, 2.45) is 0 Å². The second-order valence-corrected chi connectivity index (χ2v) is 9.18. The number of carbonyl (C=O) groups excluding carboxylic acids is 2. The van der Waals surface area contributed by atoms with E-state index < -0.39 is 28.4 Å². The van der Waals surface area contributed by atoms with Crippen LogP contribution in [0.2, 0.25) is 0 Å². The summed E-state index contributed by atoms with van der Waals surface area (Å²) >= 11 is 0. The zero-order valence-electron chi connectivity index (χ0n) is 18.2. The topological polar surface area (TPSA) is 102 Å². The highest BCUT2D eigenvalue weighted by atomic mass is 32.2. The van der Waals surface area contributed by atoms with Gasteiger partial charge in [-0.15, -0.1) is 0 Å². The van der Waals surface area contributed by atoms with Gasteiger partial charge in [-0.05, 0) is 60.7 Å². The number of para-hydroxylation sites is 1. The normalized spacial score (nSPS) is 10.8. The van der Waals surface area contributed by atoms with Gasteiger partial charge in [0.1, 0.15) is 5.75 Å². The number of benzene rings is 3. The third-order valence-corrected chi connectivity index (χ3v) is 5.89. The summed E-state index contributed by atoms with van der Waals surface area (Å²) in [4.78, 5) is 24.2. The molecule has 172 valence electrons. The van der Waals surface area contributed by atoms with Crippen LogP contribution in [0.5, 0.6) is 5.75 Å². The van der Waals surface area contributed by atoms with Gasteiger partial charge in [0, 0.05) is 24.0 Å². The number of sulfonamides is 1. The smallest absolute Gasteiger partial charge is 0.344 e. The summed E-state index contributed by atoms with van der Waals surface area (Å²) in [5.41, 5.74) is 2.55. The van der Waals surface area contributed by atoms with Gasteiger partial charge in [-0.2, -0.15) is 0 Å². The zero-order chi connectivity index (χ0) is 23.8. The Morgan fingerprint density at radius 3 is 2.06 bits per heavy atom. The van der Waals surface area contributed by atoms with E-state index in [-0.39, 0.29) is 6.61 Å². The first-order valence-electron chi connectivity index (χ1n) is 10.00. The molecule has 3 rings (SSSR count). The Balaban J connectivity index is 1.44. The number of ether oxygens (including phenoxy) is 2. The molecule has 0 aliphatic rings. The highest BCUT2D eigenvalue weighted by molar-refractivity contribution is 7.92. The number of hydrogen-bond acceptors (Lipinski definition) is 7. The molecule has 0 amide bonds. The van der Waals surface area contributed by atoms with Crippen molar-refractivity contribution in [3.63, 3.8) is 0 Å². The summed E-state index contributed by atoms with van der Waals surface area (Å²) in [6, 6.07) is 22.8. The van der Waals surface area contributed by atoms with Crippen LogP contribution >= 0.6 is 0 Å². The fraction of sp³-hybridized carbons (Fsp3) is 0.167. The fourth-order valence-corrected chi connectivity index (χ4v) is 3.29. The number of rotatable bonds is 10. The molecule has 0 heterocycles. The summed E-state index contributed by atoms with van der Waals surface area (Å²) in [5.74, 6) is -0.598. The van der Waals surface area contributed by atoms with Gasteiger partial charge in [-0.1, -0.05) is 18.2 Å². The molecule has 0 atom stereocenters. The molecule has 3 aromatic rings. The quantitative estimate of drug-likeness (QED) is 0.358. The van der Waals surface area contributed by atoms with E-state index in [1.807, 2.05) is 42.5 Å². The third-order valence-electron chi connectivity index (χ3n) is 4.69. The lowest BCUT2D eigenvalue weighted by atomic mass is 10.1. The molecule has 3 aromatic carbocycles. The van der Waals surface area contributed by atoms with Crippen LogP contribution in [-0.2, 0) is 19.6 Å². The summed E-state index contributed by atoms with van der Waals surface area (Å²) in [5, 5.41) is 3.24. The van der Waals surface area contributed by atoms with Crippen molar-refractivity contribution < 1.29 is 27.5 Å². The van der Waals surface area contributed by atoms with Crippen LogP contribution in [0.1, 0.15) is 10.4 Å². The third kappa shape index (κ3) is 7.08. The average Bonchev–Trinajstić information content (AvgIpc) is 2.82. The molecule has 0 saturated heterocycles. The second-order valence-electron chi connectivity index (χ2n) is 7.17. The van der Waals surface area contributed by atoms with Gasteiger partial charge < -0.3 is 14.8 Å². The van der Waals surface area contributed by atoms with E-state index in [0.717, 1.165) is 21.9 Å². The van der Waals surface area contributed by atoms with E-state index in [4.69, 9.17) is 9.47 Å². The maximum atomic E-state index is 12.2. The molecule has 0 aliphatic carbocycles. The van der Waals surface area contributed by atoms with E-state index >= 15 is 0 Å². The molecular weight excluding hydrogens is 444 g/mol. The monoisotopic (exact) mass is 468 g/mol. The second kappa shape index (κ2) is 10.6. The molecule has 0 spiro atoms. The molecule has 0 radical (unpaired) electrons. The first-order chi connectivity index (χ1) is 15.7. The minimum absolute atomic E-state index is 0.302. The van der Waals surface area contributed by atoms with Crippen LogP contribution in [0.25, 0.3) is 0 Å². The van der Waals surface area contributed by atoms with Crippen LogP contribution in [0.15, 0.2) is 78.9 Å². The standard InChI is InChI=1S/C24H24N2O6S/c1-26(33(2,29)30)21-12-8-18(9-13-21)23(27)16-32-24(28)17-31-22-14-10-20(11-15-22)25-19-6-4-3-5-7-19/h3-15,25H,16-17H2,1-2H3. The molecular formula is C24H24N2O6S. The number of carbonyl (C=O) groups is 2. The van der Waals surface area contributed by atoms with Crippen molar-refractivity contribution >= 4 is 38.8 Å². The molecule has 8 nitrogen and oxygen atoms in total. The molecule has 1 N–H and O–H groups in total. The molecule has 9 heteroatoms. The zero-order valence-corrected chi connectivity index (χ0v) is 19.0. The lowest BCUT2D eigenvalue weighted by Crippen LogP contribution is -2.24. The van der Waals surface area contributed by atoms with Crippen LogP contribution < -0.4 is 14.4 Å². The van der Waals surface area contributed by atoms with Gasteiger partial charge in [0.2, 0.25) is 10.0 Å². The summed E-state index contributed by atoms with van der Waals surface area (Å²) in [7, 11) is -1.98.